The normalized spacial score (nSPS) is 17.8. The number of aromatic nitrogens is 2. The van der Waals surface area contributed by atoms with Gasteiger partial charge >= 0.3 is 0 Å². The van der Waals surface area contributed by atoms with Crippen molar-refractivity contribution in [3.63, 3.8) is 0 Å². The summed E-state index contributed by atoms with van der Waals surface area (Å²) in [7, 11) is 1.88. The molecule has 5 heteroatoms. The molecule has 1 saturated carbocycles. The molecule has 1 unspecified atom stereocenters. The highest BCUT2D eigenvalue weighted by Crippen LogP contribution is 2.36. The van der Waals surface area contributed by atoms with Gasteiger partial charge in [-0.15, -0.1) is 0 Å². The lowest BCUT2D eigenvalue weighted by molar-refractivity contribution is 0.458. The van der Waals surface area contributed by atoms with E-state index in [9.17, 15) is 0 Å². The lowest BCUT2D eigenvalue weighted by Gasteiger charge is -2.11. The standard InChI is InChI=1S/C11H17Cl2N3/c1-7(8-3-4-8)5-14-6-9-10(12)15-11(13)16(9)2/h7-8,14H,3-6H2,1-2H3. The lowest BCUT2D eigenvalue weighted by atomic mass is 10.1. The van der Waals surface area contributed by atoms with E-state index >= 15 is 0 Å². The first kappa shape index (κ1) is 12.2. The third-order valence-electron chi connectivity index (χ3n) is 3.30. The minimum Gasteiger partial charge on any atom is -0.319 e. The molecule has 1 heterocycles. The maximum atomic E-state index is 5.98. The molecule has 1 aliphatic rings. The van der Waals surface area contributed by atoms with Gasteiger partial charge in [-0.1, -0.05) is 18.5 Å². The average Bonchev–Trinajstić information content (AvgIpc) is 3.02. The number of hydrogen-bond donors (Lipinski definition) is 1. The van der Waals surface area contributed by atoms with Crippen LogP contribution in [-0.4, -0.2) is 16.1 Å². The summed E-state index contributed by atoms with van der Waals surface area (Å²) in [6.07, 6.45) is 2.78. The minimum atomic E-state index is 0.442. The molecule has 3 nitrogen and oxygen atoms in total. The SMILES string of the molecule is CC(CNCc1c(Cl)nc(Cl)n1C)C1CC1. The zero-order chi connectivity index (χ0) is 11.7. The zero-order valence-corrected chi connectivity index (χ0v) is 11.1. The smallest absolute Gasteiger partial charge is 0.204 e. The summed E-state index contributed by atoms with van der Waals surface area (Å²) in [6.45, 7) is 4.05. The molecular weight excluding hydrogens is 245 g/mol. The molecule has 2 rings (SSSR count). The molecule has 1 aliphatic carbocycles. The molecule has 0 spiro atoms. The Labute approximate surface area is 106 Å². The summed E-state index contributed by atoms with van der Waals surface area (Å²) in [6, 6.07) is 0. The maximum Gasteiger partial charge on any atom is 0.204 e. The third kappa shape index (κ3) is 2.70. The highest BCUT2D eigenvalue weighted by atomic mass is 35.5. The Bertz CT molecular complexity index is 372. The summed E-state index contributed by atoms with van der Waals surface area (Å²) in [4.78, 5) is 4.01. The Morgan fingerprint density at radius 3 is 2.69 bits per heavy atom. The molecule has 90 valence electrons. The van der Waals surface area contributed by atoms with Crippen molar-refractivity contribution in [3.8, 4) is 0 Å². The maximum absolute atomic E-state index is 5.98. The van der Waals surface area contributed by atoms with E-state index in [0.717, 1.165) is 30.6 Å². The lowest BCUT2D eigenvalue weighted by Crippen LogP contribution is -2.23. The quantitative estimate of drug-likeness (QED) is 0.884. The zero-order valence-electron chi connectivity index (χ0n) is 9.63. The van der Waals surface area contributed by atoms with Crippen molar-refractivity contribution in [2.75, 3.05) is 6.54 Å². The van der Waals surface area contributed by atoms with Crippen LogP contribution in [0, 0.1) is 11.8 Å². The molecule has 0 amide bonds. The van der Waals surface area contributed by atoms with Crippen LogP contribution in [0.5, 0.6) is 0 Å². The molecule has 0 aliphatic heterocycles. The van der Waals surface area contributed by atoms with Crippen LogP contribution in [0.1, 0.15) is 25.5 Å². The first-order valence-corrected chi connectivity index (χ1v) is 6.42. The molecule has 16 heavy (non-hydrogen) atoms. The summed E-state index contributed by atoms with van der Waals surface area (Å²) in [5, 5.41) is 4.35. The van der Waals surface area contributed by atoms with E-state index in [2.05, 4.69) is 17.2 Å². The van der Waals surface area contributed by atoms with Gasteiger partial charge in [-0.2, -0.15) is 0 Å². The predicted octanol–water partition coefficient (Wildman–Crippen LogP) is 2.86. The monoisotopic (exact) mass is 261 g/mol. The third-order valence-corrected chi connectivity index (χ3v) is 3.94. The van der Waals surface area contributed by atoms with E-state index in [1.807, 2.05) is 11.6 Å². The van der Waals surface area contributed by atoms with E-state index in [1.54, 1.807) is 0 Å². The second kappa shape index (κ2) is 4.94. The average molecular weight is 262 g/mol. The minimum absolute atomic E-state index is 0.442. The number of halogens is 2. The molecule has 0 aromatic carbocycles. The van der Waals surface area contributed by atoms with Crippen LogP contribution in [0.2, 0.25) is 10.4 Å². The second-order valence-electron chi connectivity index (χ2n) is 4.62. The van der Waals surface area contributed by atoms with E-state index < -0.39 is 0 Å². The van der Waals surface area contributed by atoms with Gasteiger partial charge in [0.05, 0.1) is 5.69 Å². The van der Waals surface area contributed by atoms with Crippen LogP contribution >= 0.6 is 23.2 Å². The Morgan fingerprint density at radius 1 is 1.50 bits per heavy atom. The number of hydrogen-bond acceptors (Lipinski definition) is 2. The van der Waals surface area contributed by atoms with E-state index in [4.69, 9.17) is 23.2 Å². The topological polar surface area (TPSA) is 29.9 Å². The van der Waals surface area contributed by atoms with Gasteiger partial charge in [0, 0.05) is 13.6 Å². The molecule has 1 fully saturated rings. The van der Waals surface area contributed by atoms with Gasteiger partial charge in [-0.05, 0) is 42.8 Å². The highest BCUT2D eigenvalue weighted by molar-refractivity contribution is 6.32. The van der Waals surface area contributed by atoms with Crippen molar-refractivity contribution in [1.82, 2.24) is 14.9 Å². The molecule has 1 aromatic rings. The van der Waals surface area contributed by atoms with Gasteiger partial charge in [0.1, 0.15) is 0 Å². The Balaban J connectivity index is 1.84. The van der Waals surface area contributed by atoms with Crippen molar-refractivity contribution in [2.45, 2.75) is 26.3 Å². The van der Waals surface area contributed by atoms with Crippen LogP contribution in [-0.2, 0) is 13.6 Å². The van der Waals surface area contributed by atoms with Gasteiger partial charge in [0.2, 0.25) is 5.28 Å². The molecule has 0 bridgehead atoms. The number of nitrogens with one attached hydrogen (secondary N) is 1. The van der Waals surface area contributed by atoms with Gasteiger partial charge in [0.25, 0.3) is 0 Å². The van der Waals surface area contributed by atoms with Gasteiger partial charge in [-0.25, -0.2) is 4.98 Å². The summed E-state index contributed by atoms with van der Waals surface area (Å²) in [5.41, 5.74) is 0.953. The van der Waals surface area contributed by atoms with Crippen LogP contribution in [0.3, 0.4) is 0 Å². The van der Waals surface area contributed by atoms with E-state index in [0.29, 0.717) is 10.4 Å². The number of imidazole rings is 1. The van der Waals surface area contributed by atoms with E-state index in [-0.39, 0.29) is 0 Å². The molecular formula is C11H17Cl2N3. The van der Waals surface area contributed by atoms with Crippen molar-refractivity contribution in [2.24, 2.45) is 18.9 Å². The van der Waals surface area contributed by atoms with Crippen molar-refractivity contribution < 1.29 is 0 Å². The number of rotatable bonds is 5. The molecule has 0 radical (unpaired) electrons. The fourth-order valence-corrected chi connectivity index (χ4v) is 2.42. The van der Waals surface area contributed by atoms with Crippen molar-refractivity contribution in [3.05, 3.63) is 16.1 Å². The Kier molecular flexibility index (Phi) is 3.77. The van der Waals surface area contributed by atoms with Crippen molar-refractivity contribution in [1.29, 1.82) is 0 Å². The Hall–Kier alpha value is -0.250. The Morgan fingerprint density at radius 2 is 2.19 bits per heavy atom. The highest BCUT2D eigenvalue weighted by Gasteiger charge is 2.27. The van der Waals surface area contributed by atoms with Gasteiger partial charge < -0.3 is 9.88 Å². The van der Waals surface area contributed by atoms with Gasteiger partial charge in [-0.3, -0.25) is 0 Å². The summed E-state index contributed by atoms with van der Waals surface area (Å²) in [5.74, 6) is 1.68. The summed E-state index contributed by atoms with van der Waals surface area (Å²) < 4.78 is 1.82. The fourth-order valence-electron chi connectivity index (χ4n) is 1.91. The molecule has 1 N–H and O–H groups in total. The first-order valence-electron chi connectivity index (χ1n) is 5.67. The predicted molar refractivity (Wildman–Crippen MR) is 66.8 cm³/mol. The van der Waals surface area contributed by atoms with Crippen molar-refractivity contribution >= 4 is 23.2 Å². The van der Waals surface area contributed by atoms with Crippen LogP contribution in [0.15, 0.2) is 0 Å². The van der Waals surface area contributed by atoms with E-state index in [1.165, 1.54) is 12.8 Å². The number of nitrogens with zero attached hydrogens (tertiary/aromatic N) is 2. The fraction of sp³-hybridized carbons (Fsp3) is 0.727. The second-order valence-corrected chi connectivity index (χ2v) is 5.32. The van der Waals surface area contributed by atoms with Gasteiger partial charge in [0.15, 0.2) is 5.15 Å². The largest absolute Gasteiger partial charge is 0.319 e. The summed E-state index contributed by atoms with van der Waals surface area (Å²) >= 11 is 11.9. The van der Waals surface area contributed by atoms with Crippen LogP contribution in [0.4, 0.5) is 0 Å². The first-order chi connectivity index (χ1) is 7.59. The van der Waals surface area contributed by atoms with Crippen LogP contribution in [0.25, 0.3) is 0 Å². The molecule has 1 aromatic heterocycles. The molecule has 1 atom stereocenters. The molecule has 0 saturated heterocycles. The van der Waals surface area contributed by atoms with Crippen LogP contribution < -0.4 is 5.32 Å².